The molecule has 1 aliphatic carbocycles. The molecule has 0 radical (unpaired) electrons. The van der Waals surface area contributed by atoms with Crippen molar-refractivity contribution < 1.29 is 4.74 Å². The van der Waals surface area contributed by atoms with Crippen LogP contribution in [0.15, 0.2) is 18.2 Å². The molecule has 2 heteroatoms. The molecule has 1 N–H and O–H groups in total. The monoisotopic (exact) mass is 287 g/mol. The maximum Gasteiger partial charge on any atom is 0.123 e. The van der Waals surface area contributed by atoms with Gasteiger partial charge in [-0.2, -0.15) is 0 Å². The predicted molar refractivity (Wildman–Crippen MR) is 87.8 cm³/mol. The van der Waals surface area contributed by atoms with E-state index >= 15 is 0 Å². The van der Waals surface area contributed by atoms with Crippen molar-refractivity contribution in [3.63, 3.8) is 0 Å². The van der Waals surface area contributed by atoms with Gasteiger partial charge in [0.15, 0.2) is 0 Å². The Morgan fingerprint density at radius 3 is 2.57 bits per heavy atom. The fraction of sp³-hybridized carbons (Fsp3) is 0.684. The zero-order valence-electron chi connectivity index (χ0n) is 13.6. The van der Waals surface area contributed by atoms with Gasteiger partial charge in [0.25, 0.3) is 0 Å². The molecular weight excluding hydrogens is 258 g/mol. The second-order valence-electron chi connectivity index (χ2n) is 7.40. The van der Waals surface area contributed by atoms with Crippen LogP contribution in [-0.4, -0.2) is 11.6 Å². The summed E-state index contributed by atoms with van der Waals surface area (Å²) in [6.45, 7) is 5.33. The van der Waals surface area contributed by atoms with E-state index < -0.39 is 0 Å². The molecule has 3 rings (SSSR count). The maximum absolute atomic E-state index is 5.95. The summed E-state index contributed by atoms with van der Waals surface area (Å²) in [5.74, 6) is 1.08. The second kappa shape index (κ2) is 6.39. The third-order valence-electron chi connectivity index (χ3n) is 4.83. The first-order valence-corrected chi connectivity index (χ1v) is 8.67. The summed E-state index contributed by atoms with van der Waals surface area (Å²) in [4.78, 5) is 0. The number of rotatable bonds is 3. The fourth-order valence-electron chi connectivity index (χ4n) is 3.70. The van der Waals surface area contributed by atoms with Crippen LogP contribution in [0.5, 0.6) is 5.75 Å². The first-order chi connectivity index (χ1) is 10.1. The molecule has 0 unspecified atom stereocenters. The topological polar surface area (TPSA) is 21.3 Å². The van der Waals surface area contributed by atoms with Gasteiger partial charge in [0.1, 0.15) is 11.4 Å². The van der Waals surface area contributed by atoms with Gasteiger partial charge in [0.2, 0.25) is 0 Å². The molecule has 1 heterocycles. The first kappa shape index (κ1) is 14.9. The Hall–Kier alpha value is -1.02. The van der Waals surface area contributed by atoms with Gasteiger partial charge in [-0.05, 0) is 43.9 Å². The van der Waals surface area contributed by atoms with Gasteiger partial charge in [0, 0.05) is 19.0 Å². The lowest BCUT2D eigenvalue weighted by molar-refractivity contribution is 0.138. The van der Waals surface area contributed by atoms with Crippen molar-refractivity contribution in [2.45, 2.75) is 83.4 Å². The Bertz CT molecular complexity index is 472. The Morgan fingerprint density at radius 1 is 1.10 bits per heavy atom. The Morgan fingerprint density at radius 2 is 1.81 bits per heavy atom. The van der Waals surface area contributed by atoms with E-state index in [-0.39, 0.29) is 5.60 Å². The van der Waals surface area contributed by atoms with Gasteiger partial charge in [-0.1, -0.05) is 44.2 Å². The number of hydrogen-bond donors (Lipinski definition) is 1. The molecule has 1 aromatic rings. The standard InChI is InChI=1S/C19H29NO/c1-19(2)13-16-12-15(10-11-18(16)21-19)14-20-17-8-6-4-3-5-7-9-17/h10-12,17,20H,3-9,13-14H2,1-2H3. The van der Waals surface area contributed by atoms with Crippen LogP contribution in [0, 0.1) is 0 Å². The Balaban J connectivity index is 1.56. The highest BCUT2D eigenvalue weighted by Crippen LogP contribution is 2.35. The third kappa shape index (κ3) is 4.00. The summed E-state index contributed by atoms with van der Waals surface area (Å²) in [7, 11) is 0. The van der Waals surface area contributed by atoms with E-state index in [0.717, 1.165) is 18.7 Å². The minimum absolute atomic E-state index is 0.0338. The van der Waals surface area contributed by atoms with Crippen LogP contribution >= 0.6 is 0 Å². The predicted octanol–water partition coefficient (Wildman–Crippen LogP) is 4.60. The fourth-order valence-corrected chi connectivity index (χ4v) is 3.70. The van der Waals surface area contributed by atoms with Crippen LogP contribution in [0.1, 0.15) is 69.9 Å². The van der Waals surface area contributed by atoms with E-state index in [1.54, 1.807) is 0 Å². The van der Waals surface area contributed by atoms with E-state index in [4.69, 9.17) is 4.74 Å². The van der Waals surface area contributed by atoms with E-state index in [1.807, 2.05) is 0 Å². The van der Waals surface area contributed by atoms with Crippen LogP contribution < -0.4 is 10.1 Å². The SMILES string of the molecule is CC1(C)Cc2cc(CNC3CCCCCCC3)ccc2O1. The first-order valence-electron chi connectivity index (χ1n) is 8.67. The van der Waals surface area contributed by atoms with Crippen molar-refractivity contribution in [2.24, 2.45) is 0 Å². The van der Waals surface area contributed by atoms with Gasteiger partial charge in [-0.15, -0.1) is 0 Å². The minimum Gasteiger partial charge on any atom is -0.487 e. The number of hydrogen-bond acceptors (Lipinski definition) is 2. The highest BCUT2D eigenvalue weighted by molar-refractivity contribution is 5.41. The molecule has 1 saturated carbocycles. The molecule has 0 bridgehead atoms. The van der Waals surface area contributed by atoms with Gasteiger partial charge < -0.3 is 10.1 Å². The number of benzene rings is 1. The molecule has 0 atom stereocenters. The third-order valence-corrected chi connectivity index (χ3v) is 4.83. The molecule has 1 fully saturated rings. The lowest BCUT2D eigenvalue weighted by Gasteiger charge is -2.21. The van der Waals surface area contributed by atoms with Crippen LogP contribution in [0.3, 0.4) is 0 Å². The molecule has 2 aliphatic rings. The average molecular weight is 287 g/mol. The molecule has 0 spiro atoms. The summed E-state index contributed by atoms with van der Waals surface area (Å²) in [5, 5.41) is 3.78. The Labute approximate surface area is 129 Å². The van der Waals surface area contributed by atoms with E-state index in [9.17, 15) is 0 Å². The van der Waals surface area contributed by atoms with Crippen LogP contribution in [-0.2, 0) is 13.0 Å². The van der Waals surface area contributed by atoms with Crippen molar-refractivity contribution >= 4 is 0 Å². The quantitative estimate of drug-likeness (QED) is 0.877. The number of ether oxygens (including phenoxy) is 1. The normalized spacial score (nSPS) is 22.2. The highest BCUT2D eigenvalue weighted by atomic mass is 16.5. The van der Waals surface area contributed by atoms with Crippen LogP contribution in [0.25, 0.3) is 0 Å². The van der Waals surface area contributed by atoms with Gasteiger partial charge >= 0.3 is 0 Å². The largest absolute Gasteiger partial charge is 0.487 e. The van der Waals surface area contributed by atoms with Gasteiger partial charge in [-0.25, -0.2) is 0 Å². The van der Waals surface area contributed by atoms with Crippen molar-refractivity contribution in [3.8, 4) is 5.75 Å². The lowest BCUT2D eigenvalue weighted by atomic mass is 9.96. The number of nitrogens with one attached hydrogen (secondary N) is 1. The molecule has 0 aromatic heterocycles. The molecule has 21 heavy (non-hydrogen) atoms. The Kier molecular flexibility index (Phi) is 4.54. The molecule has 1 aliphatic heterocycles. The van der Waals surface area contributed by atoms with Gasteiger partial charge in [-0.3, -0.25) is 0 Å². The highest BCUT2D eigenvalue weighted by Gasteiger charge is 2.29. The van der Waals surface area contributed by atoms with Crippen molar-refractivity contribution in [1.82, 2.24) is 5.32 Å². The van der Waals surface area contributed by atoms with Crippen molar-refractivity contribution in [3.05, 3.63) is 29.3 Å². The van der Waals surface area contributed by atoms with E-state index in [0.29, 0.717) is 6.04 Å². The van der Waals surface area contributed by atoms with Crippen LogP contribution in [0.2, 0.25) is 0 Å². The van der Waals surface area contributed by atoms with E-state index in [1.165, 1.54) is 56.1 Å². The zero-order chi connectivity index (χ0) is 14.7. The minimum atomic E-state index is -0.0338. The summed E-state index contributed by atoms with van der Waals surface area (Å²) in [6.07, 6.45) is 10.8. The summed E-state index contributed by atoms with van der Waals surface area (Å²) >= 11 is 0. The molecular formula is C19H29NO. The van der Waals surface area contributed by atoms with Gasteiger partial charge in [0.05, 0.1) is 0 Å². The summed E-state index contributed by atoms with van der Waals surface area (Å²) < 4.78 is 5.95. The summed E-state index contributed by atoms with van der Waals surface area (Å²) in [6, 6.07) is 7.42. The molecule has 0 saturated heterocycles. The zero-order valence-corrected chi connectivity index (χ0v) is 13.6. The maximum atomic E-state index is 5.95. The molecule has 0 amide bonds. The van der Waals surface area contributed by atoms with Crippen LogP contribution in [0.4, 0.5) is 0 Å². The average Bonchev–Trinajstić information content (AvgIpc) is 2.70. The molecule has 2 nitrogen and oxygen atoms in total. The smallest absolute Gasteiger partial charge is 0.123 e. The lowest BCUT2D eigenvalue weighted by Crippen LogP contribution is -2.29. The molecule has 1 aromatic carbocycles. The number of fused-ring (bicyclic) bond motifs is 1. The molecule has 116 valence electrons. The second-order valence-corrected chi connectivity index (χ2v) is 7.40. The van der Waals surface area contributed by atoms with Crippen molar-refractivity contribution in [2.75, 3.05) is 0 Å². The van der Waals surface area contributed by atoms with Crippen molar-refractivity contribution in [1.29, 1.82) is 0 Å². The summed E-state index contributed by atoms with van der Waals surface area (Å²) in [5.41, 5.74) is 2.74. The van der Waals surface area contributed by atoms with E-state index in [2.05, 4.69) is 37.4 Å².